The maximum Gasteiger partial charge on any atom is 0.341 e. The Labute approximate surface area is 171 Å². The van der Waals surface area contributed by atoms with Crippen LogP contribution in [0.15, 0.2) is 35.7 Å². The van der Waals surface area contributed by atoms with E-state index in [1.807, 2.05) is 50.4 Å². The predicted octanol–water partition coefficient (Wildman–Crippen LogP) is 5.35. The number of carbonyl (C=O) groups excluding carboxylic acids is 2. The van der Waals surface area contributed by atoms with Gasteiger partial charge in [0.25, 0.3) is 5.91 Å². The highest BCUT2D eigenvalue weighted by Gasteiger charge is 2.22. The van der Waals surface area contributed by atoms with Crippen LogP contribution in [0.1, 0.15) is 41.6 Å². The predicted molar refractivity (Wildman–Crippen MR) is 113 cm³/mol. The lowest BCUT2D eigenvalue weighted by molar-refractivity contribution is 0.0601. The van der Waals surface area contributed by atoms with Gasteiger partial charge < -0.3 is 14.8 Å². The number of esters is 1. The molecule has 7 heteroatoms. The second-order valence-corrected chi connectivity index (χ2v) is 8.49. The number of benzene rings is 1. The second-order valence-electron chi connectivity index (χ2n) is 6.35. The lowest BCUT2D eigenvalue weighted by Crippen LogP contribution is -2.13. The van der Waals surface area contributed by atoms with E-state index in [0.29, 0.717) is 22.0 Å². The van der Waals surface area contributed by atoms with Crippen molar-refractivity contribution in [1.29, 1.82) is 0 Å². The molecule has 1 aromatic carbocycles. The zero-order chi connectivity index (χ0) is 20.3. The summed E-state index contributed by atoms with van der Waals surface area (Å²) in [5.41, 5.74) is 3.33. The number of methoxy groups -OCH3 is 1. The normalized spacial score (nSPS) is 10.6. The third-order valence-corrected chi connectivity index (χ3v) is 6.41. The minimum Gasteiger partial charge on any atom is -0.489 e. The van der Waals surface area contributed by atoms with Gasteiger partial charge in [-0.15, -0.1) is 22.7 Å². The topological polar surface area (TPSA) is 64.6 Å². The van der Waals surface area contributed by atoms with Gasteiger partial charge in [0.05, 0.1) is 17.6 Å². The Morgan fingerprint density at radius 3 is 2.50 bits per heavy atom. The van der Waals surface area contributed by atoms with E-state index >= 15 is 0 Å². The van der Waals surface area contributed by atoms with Crippen LogP contribution in [0.2, 0.25) is 0 Å². The first-order chi connectivity index (χ1) is 13.4. The van der Waals surface area contributed by atoms with Crippen LogP contribution < -0.4 is 10.1 Å². The molecule has 0 fully saturated rings. The number of aryl methyl sites for hydroxylation is 2. The van der Waals surface area contributed by atoms with Crippen LogP contribution in [-0.4, -0.2) is 19.0 Å². The monoisotopic (exact) mass is 415 g/mol. The van der Waals surface area contributed by atoms with Crippen molar-refractivity contribution in [1.82, 2.24) is 0 Å². The highest BCUT2D eigenvalue weighted by molar-refractivity contribution is 7.17. The molecule has 0 aliphatic heterocycles. The van der Waals surface area contributed by atoms with E-state index in [1.165, 1.54) is 35.3 Å². The van der Waals surface area contributed by atoms with Crippen molar-refractivity contribution in [2.45, 2.75) is 27.4 Å². The summed E-state index contributed by atoms with van der Waals surface area (Å²) in [6, 6.07) is 9.63. The summed E-state index contributed by atoms with van der Waals surface area (Å²) in [5, 5.41) is 5.26. The van der Waals surface area contributed by atoms with Gasteiger partial charge in [-0.05, 0) is 49.9 Å². The molecule has 0 aliphatic carbocycles. The molecule has 0 unspecified atom stereocenters. The first-order valence-electron chi connectivity index (χ1n) is 8.65. The first-order valence-corrected chi connectivity index (χ1v) is 10.3. The highest BCUT2D eigenvalue weighted by Crippen LogP contribution is 2.33. The Kier molecular flexibility index (Phi) is 6.16. The molecule has 0 saturated heterocycles. The smallest absolute Gasteiger partial charge is 0.341 e. The minimum absolute atomic E-state index is 0.252. The number of hydrogen-bond donors (Lipinski definition) is 1. The lowest BCUT2D eigenvalue weighted by Gasteiger charge is -2.05. The molecule has 0 radical (unpaired) electrons. The van der Waals surface area contributed by atoms with E-state index in [9.17, 15) is 9.59 Å². The van der Waals surface area contributed by atoms with Crippen LogP contribution in [0, 0.1) is 20.8 Å². The molecule has 2 aromatic heterocycles. The molecule has 3 rings (SSSR count). The number of ether oxygens (including phenoxy) is 2. The Balaban J connectivity index is 1.68. The molecule has 0 spiro atoms. The van der Waals surface area contributed by atoms with E-state index in [2.05, 4.69) is 5.32 Å². The summed E-state index contributed by atoms with van der Waals surface area (Å²) in [4.78, 5) is 26.2. The summed E-state index contributed by atoms with van der Waals surface area (Å²) < 4.78 is 10.6. The first kappa shape index (κ1) is 20.1. The van der Waals surface area contributed by atoms with Gasteiger partial charge >= 0.3 is 5.97 Å². The van der Waals surface area contributed by atoms with Crippen molar-refractivity contribution >= 4 is 39.6 Å². The average molecular weight is 416 g/mol. The summed E-state index contributed by atoms with van der Waals surface area (Å²) in [7, 11) is 1.33. The van der Waals surface area contributed by atoms with Gasteiger partial charge in [-0.25, -0.2) is 4.79 Å². The van der Waals surface area contributed by atoms with Gasteiger partial charge in [-0.2, -0.15) is 0 Å². The van der Waals surface area contributed by atoms with E-state index in [1.54, 1.807) is 6.07 Å². The summed E-state index contributed by atoms with van der Waals surface area (Å²) >= 11 is 2.71. The van der Waals surface area contributed by atoms with Crippen LogP contribution in [0.4, 0.5) is 5.00 Å². The van der Waals surface area contributed by atoms with Crippen LogP contribution in [-0.2, 0) is 11.3 Å². The zero-order valence-corrected chi connectivity index (χ0v) is 17.8. The molecule has 0 aliphatic rings. The fraction of sp³-hybridized carbons (Fsp3) is 0.238. The largest absolute Gasteiger partial charge is 0.489 e. The van der Waals surface area contributed by atoms with Crippen molar-refractivity contribution < 1.29 is 19.1 Å². The zero-order valence-electron chi connectivity index (χ0n) is 16.1. The second kappa shape index (κ2) is 8.58. The van der Waals surface area contributed by atoms with Crippen molar-refractivity contribution in [2.24, 2.45) is 0 Å². The number of rotatable bonds is 6. The molecule has 0 atom stereocenters. The molecule has 2 heterocycles. The molecule has 1 amide bonds. The van der Waals surface area contributed by atoms with Crippen molar-refractivity contribution in [3.8, 4) is 5.75 Å². The molecule has 0 bridgehead atoms. The molecule has 28 heavy (non-hydrogen) atoms. The highest BCUT2D eigenvalue weighted by atomic mass is 32.1. The van der Waals surface area contributed by atoms with E-state index in [4.69, 9.17) is 9.47 Å². The average Bonchev–Trinajstić information content (AvgIpc) is 3.26. The van der Waals surface area contributed by atoms with E-state index in [-0.39, 0.29) is 5.91 Å². The van der Waals surface area contributed by atoms with Gasteiger partial charge in [-0.1, -0.05) is 17.7 Å². The molecular formula is C21H21NO4S2. The van der Waals surface area contributed by atoms with Gasteiger partial charge in [-0.3, -0.25) is 4.79 Å². The minimum atomic E-state index is -0.449. The summed E-state index contributed by atoms with van der Waals surface area (Å²) in [6.45, 7) is 6.17. The maximum atomic E-state index is 12.6. The molecule has 3 aromatic rings. The molecule has 5 nitrogen and oxygen atoms in total. The Hall–Kier alpha value is -2.64. The van der Waals surface area contributed by atoms with Crippen LogP contribution in [0.5, 0.6) is 5.75 Å². The number of anilines is 1. The van der Waals surface area contributed by atoms with Gasteiger partial charge in [0.2, 0.25) is 0 Å². The standard InChI is InChI=1S/C21H21NO4S2/c1-12-5-7-16(8-6-12)26-10-15-9-17(27-11-15)19(23)22-20-18(21(24)25-4)13(2)14(3)28-20/h5-9,11H,10H2,1-4H3,(H,22,23). The molecule has 146 valence electrons. The van der Waals surface area contributed by atoms with Gasteiger partial charge in [0, 0.05) is 10.4 Å². The Morgan fingerprint density at radius 1 is 1.11 bits per heavy atom. The summed E-state index contributed by atoms with van der Waals surface area (Å²) in [5.74, 6) is 0.0866. The third kappa shape index (κ3) is 4.43. The third-order valence-electron chi connectivity index (χ3n) is 4.31. The number of nitrogens with one attached hydrogen (secondary N) is 1. The Morgan fingerprint density at radius 2 is 1.82 bits per heavy atom. The van der Waals surface area contributed by atoms with Crippen LogP contribution in [0.3, 0.4) is 0 Å². The van der Waals surface area contributed by atoms with E-state index < -0.39 is 5.97 Å². The molecule has 0 saturated carbocycles. The van der Waals surface area contributed by atoms with Crippen LogP contribution >= 0.6 is 22.7 Å². The quantitative estimate of drug-likeness (QED) is 0.551. The summed E-state index contributed by atoms with van der Waals surface area (Å²) in [6.07, 6.45) is 0. The lowest BCUT2D eigenvalue weighted by atomic mass is 10.1. The van der Waals surface area contributed by atoms with Crippen molar-refractivity contribution in [2.75, 3.05) is 12.4 Å². The van der Waals surface area contributed by atoms with Gasteiger partial charge in [0.15, 0.2) is 0 Å². The van der Waals surface area contributed by atoms with Crippen molar-refractivity contribution in [3.05, 3.63) is 67.7 Å². The molecule has 1 N–H and O–H groups in total. The maximum absolute atomic E-state index is 12.6. The fourth-order valence-corrected chi connectivity index (χ4v) is 4.43. The fourth-order valence-electron chi connectivity index (χ4n) is 2.60. The Bertz CT molecular complexity index is 1000. The SMILES string of the molecule is COC(=O)c1c(NC(=O)c2cc(COc3ccc(C)cc3)cs2)sc(C)c1C. The van der Waals surface area contributed by atoms with Gasteiger partial charge in [0.1, 0.15) is 17.4 Å². The number of amides is 1. The van der Waals surface area contributed by atoms with Crippen LogP contribution in [0.25, 0.3) is 0 Å². The number of hydrogen-bond acceptors (Lipinski definition) is 6. The number of carbonyl (C=O) groups is 2. The number of thiophene rings is 2. The molecular weight excluding hydrogens is 394 g/mol. The van der Waals surface area contributed by atoms with E-state index in [0.717, 1.165) is 21.8 Å². The van der Waals surface area contributed by atoms with Crippen molar-refractivity contribution in [3.63, 3.8) is 0 Å².